The van der Waals surface area contributed by atoms with Gasteiger partial charge in [-0.3, -0.25) is 0 Å². The van der Waals surface area contributed by atoms with E-state index >= 15 is 0 Å². The van der Waals surface area contributed by atoms with Gasteiger partial charge in [0.2, 0.25) is 5.88 Å². The van der Waals surface area contributed by atoms with Crippen LogP contribution in [0.2, 0.25) is 0 Å². The minimum absolute atomic E-state index is 0.0173. The Morgan fingerprint density at radius 2 is 2.04 bits per heavy atom. The Kier molecular flexibility index (Phi) is 5.91. The first kappa shape index (κ1) is 20.5. The summed E-state index contributed by atoms with van der Waals surface area (Å²) in [6, 6.07) is 2.76. The summed E-state index contributed by atoms with van der Waals surface area (Å²) in [5.41, 5.74) is 0.0232. The molecule has 2 aromatic rings. The molecule has 0 aliphatic carbocycles. The van der Waals surface area contributed by atoms with Crippen LogP contribution >= 0.6 is 0 Å². The van der Waals surface area contributed by atoms with E-state index in [1.807, 2.05) is 0 Å². The van der Waals surface area contributed by atoms with Crippen molar-refractivity contribution < 1.29 is 31.1 Å². The van der Waals surface area contributed by atoms with Crippen molar-refractivity contribution >= 4 is 17.8 Å². The number of allylic oxidation sites excluding steroid dienone is 3. The number of pyridine rings is 1. The minimum atomic E-state index is -4.71. The fraction of sp³-hybridized carbons (Fsp3) is 0.312. The molecule has 0 saturated heterocycles. The van der Waals surface area contributed by atoms with Gasteiger partial charge in [0.15, 0.2) is 17.6 Å². The van der Waals surface area contributed by atoms with E-state index in [2.05, 4.69) is 26.8 Å². The maximum Gasteiger partial charge on any atom is 0.425 e. The maximum atomic E-state index is 14.2. The average Bonchev–Trinajstić information content (AvgIpc) is 3.01. The highest BCUT2D eigenvalue weighted by molar-refractivity contribution is 5.70. The average molecular weight is 392 g/mol. The number of fused-ring (bicyclic) bond motifs is 1. The van der Waals surface area contributed by atoms with E-state index in [0.29, 0.717) is 12.5 Å². The number of rotatable bonds is 6. The number of hydrogen-bond donors (Lipinski definition) is 0. The van der Waals surface area contributed by atoms with Crippen LogP contribution in [0.1, 0.15) is 31.5 Å². The van der Waals surface area contributed by atoms with Crippen LogP contribution in [0.15, 0.2) is 41.1 Å². The Balaban J connectivity index is 2.38. The number of aliphatic imine (C=N–C) groups is 1. The number of aromatic nitrogens is 3. The number of alkyl halides is 5. The predicted molar refractivity (Wildman–Crippen MR) is 85.9 cm³/mol. The lowest BCUT2D eigenvalue weighted by Crippen LogP contribution is -2.28. The normalized spacial score (nSPS) is 15.1. The SMILES string of the molecule is C=N/C(O[C@H](C)C(F)(F)F)=C(F)\C=C(/C)c1ccn2nnc(C(F)F)c2c1. The van der Waals surface area contributed by atoms with Crippen molar-refractivity contribution in [2.24, 2.45) is 4.99 Å². The zero-order valence-electron chi connectivity index (χ0n) is 14.1. The second-order valence-corrected chi connectivity index (χ2v) is 5.46. The first-order chi connectivity index (χ1) is 12.5. The Bertz CT molecular complexity index is 900. The van der Waals surface area contributed by atoms with Crippen LogP contribution in [-0.4, -0.2) is 33.8 Å². The summed E-state index contributed by atoms with van der Waals surface area (Å²) in [5, 5.41) is 6.90. The predicted octanol–water partition coefficient (Wildman–Crippen LogP) is 4.88. The third kappa shape index (κ3) is 4.66. The van der Waals surface area contributed by atoms with Gasteiger partial charge in [-0.2, -0.15) is 13.2 Å². The van der Waals surface area contributed by atoms with Crippen LogP contribution < -0.4 is 0 Å². The van der Waals surface area contributed by atoms with E-state index in [1.54, 1.807) is 0 Å². The topological polar surface area (TPSA) is 51.8 Å². The van der Waals surface area contributed by atoms with Crippen LogP contribution in [0.3, 0.4) is 0 Å². The van der Waals surface area contributed by atoms with E-state index in [-0.39, 0.29) is 11.1 Å². The highest BCUT2D eigenvalue weighted by atomic mass is 19.4. The van der Waals surface area contributed by atoms with Gasteiger partial charge in [-0.15, -0.1) is 5.10 Å². The maximum absolute atomic E-state index is 14.2. The van der Waals surface area contributed by atoms with Gasteiger partial charge < -0.3 is 4.74 Å². The van der Waals surface area contributed by atoms with Gasteiger partial charge in [0.25, 0.3) is 6.43 Å². The van der Waals surface area contributed by atoms with Crippen LogP contribution in [0.25, 0.3) is 11.1 Å². The number of halogens is 6. The molecule has 0 radical (unpaired) electrons. The molecule has 2 aromatic heterocycles. The van der Waals surface area contributed by atoms with Gasteiger partial charge >= 0.3 is 6.18 Å². The van der Waals surface area contributed by atoms with Gasteiger partial charge in [-0.1, -0.05) is 5.21 Å². The molecule has 2 heterocycles. The molecule has 0 bridgehead atoms. The second-order valence-electron chi connectivity index (χ2n) is 5.46. The number of hydrogen-bond acceptors (Lipinski definition) is 4. The molecule has 146 valence electrons. The molecule has 2 rings (SSSR count). The molecule has 5 nitrogen and oxygen atoms in total. The summed E-state index contributed by atoms with van der Waals surface area (Å²) in [4.78, 5) is 3.13. The Morgan fingerprint density at radius 3 is 2.59 bits per heavy atom. The molecule has 0 amide bonds. The van der Waals surface area contributed by atoms with E-state index in [4.69, 9.17) is 0 Å². The minimum Gasteiger partial charge on any atom is -0.463 e. The van der Waals surface area contributed by atoms with Crippen molar-refractivity contribution in [2.45, 2.75) is 32.6 Å². The first-order valence-corrected chi connectivity index (χ1v) is 7.46. The van der Waals surface area contributed by atoms with Crippen molar-refractivity contribution in [3.63, 3.8) is 0 Å². The van der Waals surface area contributed by atoms with Crippen LogP contribution in [0.4, 0.5) is 26.3 Å². The van der Waals surface area contributed by atoms with E-state index < -0.39 is 36.1 Å². The summed E-state index contributed by atoms with van der Waals surface area (Å²) in [6.07, 6.45) is -7.64. The smallest absolute Gasteiger partial charge is 0.425 e. The van der Waals surface area contributed by atoms with Crippen molar-refractivity contribution in [3.8, 4) is 0 Å². The lowest BCUT2D eigenvalue weighted by Gasteiger charge is -2.17. The molecule has 0 fully saturated rings. The van der Waals surface area contributed by atoms with Gasteiger partial charge in [0.1, 0.15) is 0 Å². The molecule has 0 N–H and O–H groups in total. The molecular weight excluding hydrogens is 378 g/mol. The molecular formula is C16H14F6N4O. The third-order valence-corrected chi connectivity index (χ3v) is 3.55. The quantitative estimate of drug-likeness (QED) is 0.305. The second kappa shape index (κ2) is 7.80. The highest BCUT2D eigenvalue weighted by Crippen LogP contribution is 2.28. The summed E-state index contributed by atoms with van der Waals surface area (Å²) in [6.45, 7) is 5.12. The van der Waals surface area contributed by atoms with Crippen molar-refractivity contribution in [1.29, 1.82) is 0 Å². The Hall–Kier alpha value is -2.85. The third-order valence-electron chi connectivity index (χ3n) is 3.55. The molecule has 0 aliphatic heterocycles. The van der Waals surface area contributed by atoms with Crippen molar-refractivity contribution in [1.82, 2.24) is 14.8 Å². The molecule has 0 spiro atoms. The molecule has 0 aliphatic rings. The van der Waals surface area contributed by atoms with Crippen molar-refractivity contribution in [2.75, 3.05) is 0 Å². The summed E-state index contributed by atoms with van der Waals surface area (Å²) in [5.74, 6) is -2.13. The van der Waals surface area contributed by atoms with Crippen molar-refractivity contribution in [3.05, 3.63) is 47.4 Å². The summed E-state index contributed by atoms with van der Waals surface area (Å²) >= 11 is 0. The van der Waals surface area contributed by atoms with Gasteiger partial charge in [0, 0.05) is 6.20 Å². The van der Waals surface area contributed by atoms with Crippen LogP contribution in [0, 0.1) is 0 Å². The molecule has 27 heavy (non-hydrogen) atoms. The fourth-order valence-corrected chi connectivity index (χ4v) is 2.05. The summed E-state index contributed by atoms with van der Waals surface area (Å²) in [7, 11) is 0. The molecule has 0 saturated carbocycles. The number of nitrogens with zero attached hydrogens (tertiary/aromatic N) is 4. The standard InChI is InChI=1S/C16H14F6N4O/c1-8(6-11(17)15(23-3)27-9(2)16(20,21)22)10-4-5-26-12(7-10)13(14(18)19)24-25-26/h4-7,9,14H,3H2,1-2H3/b8-6+,15-11-/t9-/m1/s1. The lowest BCUT2D eigenvalue weighted by molar-refractivity contribution is -0.203. The van der Waals surface area contributed by atoms with Gasteiger partial charge in [-0.25, -0.2) is 22.7 Å². The zero-order chi connectivity index (χ0) is 20.4. The van der Waals surface area contributed by atoms with Gasteiger partial charge in [-0.05, 0) is 49.9 Å². The van der Waals surface area contributed by atoms with E-state index in [1.165, 1.54) is 25.3 Å². The first-order valence-electron chi connectivity index (χ1n) is 7.46. The van der Waals surface area contributed by atoms with Crippen LogP contribution in [0.5, 0.6) is 0 Å². The molecule has 0 aromatic carbocycles. The molecule has 0 unspecified atom stereocenters. The zero-order valence-corrected chi connectivity index (χ0v) is 14.1. The van der Waals surface area contributed by atoms with Crippen LogP contribution in [-0.2, 0) is 4.74 Å². The number of ether oxygens (including phenoxy) is 1. The molecule has 1 atom stereocenters. The Morgan fingerprint density at radius 1 is 1.37 bits per heavy atom. The largest absolute Gasteiger partial charge is 0.463 e. The van der Waals surface area contributed by atoms with Gasteiger partial charge in [0.05, 0.1) is 5.52 Å². The lowest BCUT2D eigenvalue weighted by atomic mass is 10.1. The summed E-state index contributed by atoms with van der Waals surface area (Å²) < 4.78 is 83.3. The molecule has 11 heteroatoms. The highest BCUT2D eigenvalue weighted by Gasteiger charge is 2.38. The van der Waals surface area contributed by atoms with E-state index in [0.717, 1.165) is 10.6 Å². The van der Waals surface area contributed by atoms with E-state index in [9.17, 15) is 26.3 Å². The Labute approximate surface area is 149 Å². The monoisotopic (exact) mass is 392 g/mol. The fourth-order valence-electron chi connectivity index (χ4n) is 2.05.